The molecular weight excluding hydrogens is 541 g/mol. The van der Waals surface area contributed by atoms with Crippen LogP contribution in [-0.2, 0) is 17.6 Å². The van der Waals surface area contributed by atoms with E-state index >= 15 is 0 Å². The maximum Gasteiger partial charge on any atom is 0.334 e. The molecule has 0 heterocycles. The van der Waals surface area contributed by atoms with Gasteiger partial charge in [-0.05, 0) is 78.8 Å². The Morgan fingerprint density at radius 3 is 2.03 bits per heavy atom. The molecule has 3 N–H and O–H groups in total. The van der Waals surface area contributed by atoms with Gasteiger partial charge in [0.2, 0.25) is 0 Å². The Hall–Kier alpha value is -3.78. The molecule has 0 aliphatic heterocycles. The highest BCUT2D eigenvalue weighted by molar-refractivity contribution is 6.36. The largest absolute Gasteiger partial charge is 0.479 e. The number of amides is 1. The number of halogens is 2. The fourth-order valence-electron chi connectivity index (χ4n) is 4.40. The summed E-state index contributed by atoms with van der Waals surface area (Å²) >= 11 is 12.2. The van der Waals surface area contributed by atoms with Crippen molar-refractivity contribution in [1.82, 2.24) is 5.32 Å². The predicted octanol–water partition coefficient (Wildman–Crippen LogP) is 5.20. The quantitative estimate of drug-likeness (QED) is 0.242. The van der Waals surface area contributed by atoms with Crippen LogP contribution in [0.15, 0.2) is 66.7 Å². The van der Waals surface area contributed by atoms with Crippen molar-refractivity contribution in [3.05, 3.63) is 110 Å². The Balaban J connectivity index is 1.66. The van der Waals surface area contributed by atoms with E-state index in [1.165, 1.54) is 54.1 Å². The minimum absolute atomic E-state index is 0.174. The van der Waals surface area contributed by atoms with Gasteiger partial charge in [0.1, 0.15) is 0 Å². The van der Waals surface area contributed by atoms with Crippen molar-refractivity contribution in [2.45, 2.75) is 31.8 Å². The van der Waals surface area contributed by atoms with Gasteiger partial charge in [-0.25, -0.2) is 4.79 Å². The number of allylic oxidation sites excluding steroid dienone is 2. The van der Waals surface area contributed by atoms with Crippen LogP contribution < -0.4 is 5.32 Å². The molecule has 0 fully saturated rings. The number of carboxylic acid groups (broad SMARTS) is 1. The molecule has 1 unspecified atom stereocenters. The molecule has 1 amide bonds. The van der Waals surface area contributed by atoms with E-state index < -0.39 is 36.1 Å². The van der Waals surface area contributed by atoms with Gasteiger partial charge in [0.15, 0.2) is 17.7 Å². The molecule has 0 aromatic heterocycles. The van der Waals surface area contributed by atoms with Crippen molar-refractivity contribution in [3.63, 3.8) is 0 Å². The third-order valence-electron chi connectivity index (χ3n) is 6.48. The molecule has 200 valence electrons. The topological polar surface area (TPSA) is 121 Å². The lowest BCUT2D eigenvalue weighted by molar-refractivity contribution is -0.146. The number of Topliss-reactive ketones (excluding diaryl/α,β-unsaturated/α-hetero) is 1. The molecule has 1 aliphatic rings. The van der Waals surface area contributed by atoms with Crippen LogP contribution in [0.2, 0.25) is 10.0 Å². The molecule has 3 aromatic carbocycles. The lowest BCUT2D eigenvalue weighted by atomic mass is 9.87. The predicted molar refractivity (Wildman–Crippen MR) is 149 cm³/mol. The molecule has 39 heavy (non-hydrogen) atoms. The first kappa shape index (κ1) is 28.2. The highest BCUT2D eigenvalue weighted by Gasteiger charge is 2.21. The van der Waals surface area contributed by atoms with Gasteiger partial charge in [0, 0.05) is 32.3 Å². The minimum Gasteiger partial charge on any atom is -0.479 e. The van der Waals surface area contributed by atoms with E-state index in [0.29, 0.717) is 15.6 Å². The lowest BCUT2D eigenvalue weighted by Gasteiger charge is -2.17. The van der Waals surface area contributed by atoms with Gasteiger partial charge in [-0.1, -0.05) is 53.5 Å². The zero-order chi connectivity index (χ0) is 28.1. The lowest BCUT2D eigenvalue weighted by Crippen LogP contribution is -2.36. The summed E-state index contributed by atoms with van der Waals surface area (Å²) in [4.78, 5) is 50.0. The highest BCUT2D eigenvalue weighted by atomic mass is 35.5. The van der Waals surface area contributed by atoms with E-state index in [-0.39, 0.29) is 22.3 Å². The molecular formula is C30H25Cl2NO6. The first-order chi connectivity index (χ1) is 18.6. The zero-order valence-corrected chi connectivity index (χ0v) is 22.3. The van der Waals surface area contributed by atoms with E-state index in [4.69, 9.17) is 28.3 Å². The molecule has 0 spiro atoms. The fraction of sp³-hybridized carbons (Fsp3) is 0.200. The number of ketones is 2. The Morgan fingerprint density at radius 1 is 0.795 bits per heavy atom. The van der Waals surface area contributed by atoms with Crippen molar-refractivity contribution in [2.75, 3.05) is 6.54 Å². The third kappa shape index (κ3) is 7.00. The molecule has 9 heteroatoms. The molecule has 1 aliphatic carbocycles. The van der Waals surface area contributed by atoms with Crippen LogP contribution in [0.4, 0.5) is 0 Å². The monoisotopic (exact) mass is 565 g/mol. The van der Waals surface area contributed by atoms with Crippen LogP contribution in [-0.4, -0.2) is 46.3 Å². The number of fused-ring (bicyclic) bond motifs is 1. The second-order valence-corrected chi connectivity index (χ2v) is 10.1. The summed E-state index contributed by atoms with van der Waals surface area (Å²) in [5.74, 6) is -2.91. The number of benzene rings is 3. The molecule has 0 saturated carbocycles. The second-order valence-electron chi connectivity index (χ2n) is 9.24. The maximum absolute atomic E-state index is 13.7. The molecule has 0 bridgehead atoms. The number of carboxylic acids is 1. The maximum atomic E-state index is 13.7. The summed E-state index contributed by atoms with van der Waals surface area (Å²) in [6.07, 6.45) is 3.57. The number of aliphatic hydroxyl groups is 1. The SMILES string of the molecule is O=C(/C=C(\C(=O)c1ccc(C(=O)NCC(O)C(=O)O)cc1)c1ccc2c(c1)CCCC2)c1cc(Cl)cc(Cl)c1. The number of hydrogen-bond donors (Lipinski definition) is 3. The van der Waals surface area contributed by atoms with Crippen molar-refractivity contribution < 1.29 is 29.4 Å². The third-order valence-corrected chi connectivity index (χ3v) is 6.91. The molecule has 7 nitrogen and oxygen atoms in total. The van der Waals surface area contributed by atoms with Crippen molar-refractivity contribution in [1.29, 1.82) is 0 Å². The zero-order valence-electron chi connectivity index (χ0n) is 20.7. The Kier molecular flexibility index (Phi) is 8.97. The van der Waals surface area contributed by atoms with Gasteiger partial charge in [0.25, 0.3) is 5.91 Å². The Morgan fingerprint density at radius 2 is 1.38 bits per heavy atom. The van der Waals surface area contributed by atoms with Gasteiger partial charge < -0.3 is 15.5 Å². The van der Waals surface area contributed by atoms with Crippen molar-refractivity contribution >= 4 is 52.2 Å². The number of hydrogen-bond acceptors (Lipinski definition) is 5. The number of rotatable bonds is 9. The van der Waals surface area contributed by atoms with Gasteiger partial charge in [-0.15, -0.1) is 0 Å². The second kappa shape index (κ2) is 12.4. The summed E-state index contributed by atoms with van der Waals surface area (Å²) in [6.45, 7) is -0.463. The van der Waals surface area contributed by atoms with Crippen molar-refractivity contribution in [3.8, 4) is 0 Å². The average Bonchev–Trinajstić information content (AvgIpc) is 2.93. The standard InChI is InChI=1S/C30H25Cl2NO6/c31-23-12-22(13-24(32)14-23)26(34)15-25(21-10-5-17-3-1-2-4-20(17)11-21)28(36)18-6-8-19(9-7-18)29(37)33-16-27(35)30(38)39/h5-15,27,35H,1-4,16H2,(H,33,37)(H,38,39)/b25-15-. The average molecular weight is 566 g/mol. The van der Waals surface area contributed by atoms with E-state index in [1.54, 1.807) is 0 Å². The van der Waals surface area contributed by atoms with Gasteiger partial charge in [-0.2, -0.15) is 0 Å². The van der Waals surface area contributed by atoms with Crippen LogP contribution in [0, 0.1) is 0 Å². The van der Waals surface area contributed by atoms with E-state index in [0.717, 1.165) is 31.2 Å². The summed E-state index contributed by atoms with van der Waals surface area (Å²) in [5, 5.41) is 21.0. The van der Waals surface area contributed by atoms with Gasteiger partial charge in [-0.3, -0.25) is 14.4 Å². The Labute approximate surface area is 235 Å². The van der Waals surface area contributed by atoms with E-state index in [2.05, 4.69) is 5.32 Å². The molecule has 4 rings (SSSR count). The van der Waals surface area contributed by atoms with Crippen LogP contribution >= 0.6 is 23.2 Å². The number of nitrogens with one attached hydrogen (secondary N) is 1. The van der Waals surface area contributed by atoms with Crippen LogP contribution in [0.3, 0.4) is 0 Å². The first-order valence-electron chi connectivity index (χ1n) is 12.3. The normalized spacial score (nSPS) is 13.8. The van der Waals surface area contributed by atoms with Crippen LogP contribution in [0.25, 0.3) is 5.57 Å². The molecule has 3 aromatic rings. The van der Waals surface area contributed by atoms with E-state index in [1.807, 2.05) is 18.2 Å². The van der Waals surface area contributed by atoms with Crippen molar-refractivity contribution in [2.24, 2.45) is 0 Å². The number of carbonyl (C=O) groups is 4. The fourth-order valence-corrected chi connectivity index (χ4v) is 4.92. The smallest absolute Gasteiger partial charge is 0.334 e. The number of carbonyl (C=O) groups excluding carboxylic acids is 3. The highest BCUT2D eigenvalue weighted by Crippen LogP contribution is 2.28. The first-order valence-corrected chi connectivity index (χ1v) is 13.1. The number of aliphatic carboxylic acids is 1. The van der Waals surface area contributed by atoms with E-state index in [9.17, 15) is 24.3 Å². The van der Waals surface area contributed by atoms with Gasteiger partial charge >= 0.3 is 5.97 Å². The van der Waals surface area contributed by atoms with Crippen LogP contribution in [0.5, 0.6) is 0 Å². The van der Waals surface area contributed by atoms with Gasteiger partial charge in [0.05, 0.1) is 6.54 Å². The Bertz CT molecular complexity index is 1460. The summed E-state index contributed by atoms with van der Waals surface area (Å²) in [6, 6.07) is 16.0. The molecule has 1 atom stereocenters. The number of aliphatic hydroxyl groups excluding tert-OH is 1. The van der Waals surface area contributed by atoms with Crippen LogP contribution in [0.1, 0.15) is 60.6 Å². The summed E-state index contributed by atoms with van der Waals surface area (Å²) in [5.41, 5.74) is 3.83. The molecule has 0 radical (unpaired) electrons. The number of aryl methyl sites for hydroxylation is 2. The minimum atomic E-state index is -1.73. The molecule has 0 saturated heterocycles. The summed E-state index contributed by atoms with van der Waals surface area (Å²) in [7, 11) is 0. The summed E-state index contributed by atoms with van der Waals surface area (Å²) < 4.78 is 0.